The van der Waals surface area contributed by atoms with E-state index in [1.54, 1.807) is 12.0 Å². The average molecular weight is 473 g/mol. The minimum atomic E-state index is 0.0714. The molecule has 0 N–H and O–H groups in total. The van der Waals surface area contributed by atoms with Crippen LogP contribution < -0.4 is 4.74 Å². The number of fused-ring (bicyclic) bond motifs is 1. The zero-order valence-corrected chi connectivity index (χ0v) is 20.3. The Morgan fingerprint density at radius 3 is 2.56 bits per heavy atom. The van der Waals surface area contributed by atoms with Gasteiger partial charge in [0.2, 0.25) is 5.91 Å². The number of amides is 1. The predicted molar refractivity (Wildman–Crippen MR) is 135 cm³/mol. The van der Waals surface area contributed by atoms with Gasteiger partial charge in [-0.15, -0.1) is 10.2 Å². The van der Waals surface area contributed by atoms with Crippen molar-refractivity contribution >= 4 is 28.4 Å². The Morgan fingerprint density at radius 1 is 1.03 bits per heavy atom. The van der Waals surface area contributed by atoms with Crippen molar-refractivity contribution in [3.8, 4) is 5.75 Å². The van der Waals surface area contributed by atoms with E-state index >= 15 is 0 Å². The molecule has 4 aromatic rings. The van der Waals surface area contributed by atoms with Crippen molar-refractivity contribution in [2.75, 3.05) is 19.9 Å². The van der Waals surface area contributed by atoms with E-state index in [9.17, 15) is 4.79 Å². The third-order valence-corrected chi connectivity index (χ3v) is 7.11. The molecule has 0 unspecified atom stereocenters. The Balaban J connectivity index is 1.24. The molecule has 5 rings (SSSR count). The van der Waals surface area contributed by atoms with Gasteiger partial charge in [0.05, 0.1) is 19.4 Å². The maximum Gasteiger partial charge on any atom is 0.233 e. The van der Waals surface area contributed by atoms with Crippen LogP contribution in [0.4, 0.5) is 0 Å². The van der Waals surface area contributed by atoms with Gasteiger partial charge in [-0.25, -0.2) is 0 Å². The van der Waals surface area contributed by atoms with Gasteiger partial charge in [0.15, 0.2) is 5.16 Å². The molecule has 1 aliphatic carbocycles. The van der Waals surface area contributed by atoms with Crippen LogP contribution in [-0.4, -0.2) is 45.5 Å². The van der Waals surface area contributed by atoms with Gasteiger partial charge in [-0.1, -0.05) is 60.3 Å². The Bertz CT molecular complexity index is 1300. The topological polar surface area (TPSA) is 60.2 Å². The zero-order valence-electron chi connectivity index (χ0n) is 19.5. The first kappa shape index (κ1) is 22.5. The third kappa shape index (κ3) is 5.09. The summed E-state index contributed by atoms with van der Waals surface area (Å²) >= 11 is 1.47. The van der Waals surface area contributed by atoms with Gasteiger partial charge >= 0.3 is 0 Å². The van der Waals surface area contributed by atoms with Gasteiger partial charge in [-0.05, 0) is 52.9 Å². The molecular weight excluding hydrogens is 444 g/mol. The third-order valence-electron chi connectivity index (χ3n) is 6.15. The predicted octanol–water partition coefficient (Wildman–Crippen LogP) is 5.12. The lowest BCUT2D eigenvalue weighted by Gasteiger charge is -2.18. The largest absolute Gasteiger partial charge is 0.497 e. The summed E-state index contributed by atoms with van der Waals surface area (Å²) in [5, 5.41) is 12.0. The number of hydrogen-bond donors (Lipinski definition) is 0. The number of aromatic nitrogens is 3. The number of benzene rings is 3. The molecule has 1 amide bonds. The molecule has 0 radical (unpaired) electrons. The van der Waals surface area contributed by atoms with Gasteiger partial charge in [0, 0.05) is 19.5 Å². The van der Waals surface area contributed by atoms with Gasteiger partial charge in [0.1, 0.15) is 11.6 Å². The maximum atomic E-state index is 12.9. The van der Waals surface area contributed by atoms with Gasteiger partial charge < -0.3 is 14.2 Å². The Hall–Kier alpha value is -3.32. The summed E-state index contributed by atoms with van der Waals surface area (Å²) in [5.41, 5.74) is 2.31. The second-order valence-corrected chi connectivity index (χ2v) is 9.72. The molecule has 0 spiro atoms. The lowest BCUT2D eigenvalue weighted by Crippen LogP contribution is -2.28. The first-order chi connectivity index (χ1) is 16.6. The smallest absolute Gasteiger partial charge is 0.233 e. The summed E-state index contributed by atoms with van der Waals surface area (Å²) in [6.45, 7) is 1.29. The molecule has 174 valence electrons. The number of carbonyl (C=O) groups excluding carboxylic acids is 1. The first-order valence-electron chi connectivity index (χ1n) is 11.5. The van der Waals surface area contributed by atoms with Crippen molar-refractivity contribution in [1.29, 1.82) is 0 Å². The highest BCUT2D eigenvalue weighted by molar-refractivity contribution is 7.99. The quantitative estimate of drug-likeness (QED) is 0.317. The molecule has 0 saturated heterocycles. The monoisotopic (exact) mass is 472 g/mol. The summed E-state index contributed by atoms with van der Waals surface area (Å²) < 4.78 is 7.49. The van der Waals surface area contributed by atoms with Crippen LogP contribution in [0.2, 0.25) is 0 Å². The van der Waals surface area contributed by atoms with E-state index in [-0.39, 0.29) is 5.91 Å². The molecule has 0 aliphatic heterocycles. The van der Waals surface area contributed by atoms with Crippen LogP contribution in [0.15, 0.2) is 71.9 Å². The van der Waals surface area contributed by atoms with Crippen molar-refractivity contribution in [2.45, 2.75) is 37.0 Å². The lowest BCUT2D eigenvalue weighted by atomic mass is 10.1. The Labute approximate surface area is 203 Å². The molecule has 1 heterocycles. The number of hydrogen-bond acceptors (Lipinski definition) is 5. The van der Waals surface area contributed by atoms with Gasteiger partial charge in [-0.3, -0.25) is 4.79 Å². The van der Waals surface area contributed by atoms with E-state index in [0.29, 0.717) is 18.2 Å². The molecule has 1 aromatic heterocycles. The number of methoxy groups -OCH3 is 1. The first-order valence-corrected chi connectivity index (χ1v) is 12.5. The molecule has 6 nitrogen and oxygen atoms in total. The minimum absolute atomic E-state index is 0.0714. The molecule has 3 aromatic carbocycles. The fourth-order valence-corrected chi connectivity index (χ4v) is 4.95. The van der Waals surface area contributed by atoms with E-state index in [0.717, 1.165) is 52.5 Å². The minimum Gasteiger partial charge on any atom is -0.497 e. The highest BCUT2D eigenvalue weighted by Gasteiger charge is 2.30. The van der Waals surface area contributed by atoms with Gasteiger partial charge in [-0.2, -0.15) is 0 Å². The fraction of sp³-hybridized carbons (Fsp3) is 0.296. The molecular formula is C27H28N4O2S. The summed E-state index contributed by atoms with van der Waals surface area (Å²) in [6, 6.07) is 22.6. The molecule has 0 atom stereocenters. The van der Waals surface area contributed by atoms with Crippen LogP contribution >= 0.6 is 11.8 Å². The van der Waals surface area contributed by atoms with Gasteiger partial charge in [0.25, 0.3) is 0 Å². The maximum absolute atomic E-state index is 12.9. The SMILES string of the molecule is COc1ccc2cc(CN(C)C(=O)CSc3nnc(C4CC4)n3Cc3ccccc3)ccc2c1. The van der Waals surface area contributed by atoms with Crippen LogP contribution in [0, 0.1) is 0 Å². The molecule has 1 aliphatic rings. The van der Waals surface area contributed by atoms with E-state index in [1.807, 2.05) is 43.4 Å². The summed E-state index contributed by atoms with van der Waals surface area (Å²) in [4.78, 5) is 14.7. The Kier molecular flexibility index (Phi) is 6.54. The van der Waals surface area contributed by atoms with Crippen LogP contribution in [0.25, 0.3) is 10.8 Å². The highest BCUT2D eigenvalue weighted by Crippen LogP contribution is 2.40. The van der Waals surface area contributed by atoms with Crippen LogP contribution in [0.3, 0.4) is 0 Å². The lowest BCUT2D eigenvalue weighted by molar-refractivity contribution is -0.127. The van der Waals surface area contributed by atoms with E-state index in [1.165, 1.54) is 17.3 Å². The number of rotatable bonds is 9. The number of carbonyl (C=O) groups is 1. The molecule has 34 heavy (non-hydrogen) atoms. The van der Waals surface area contributed by atoms with Crippen molar-refractivity contribution in [3.63, 3.8) is 0 Å². The van der Waals surface area contributed by atoms with E-state index in [4.69, 9.17) is 4.74 Å². The molecule has 1 fully saturated rings. The molecule has 1 saturated carbocycles. The van der Waals surface area contributed by atoms with Crippen LogP contribution in [0.1, 0.15) is 35.7 Å². The number of nitrogens with zero attached hydrogens (tertiary/aromatic N) is 4. The van der Waals surface area contributed by atoms with Crippen LogP contribution in [0.5, 0.6) is 5.75 Å². The molecule has 0 bridgehead atoms. The standard InChI is InChI=1S/C27H28N4O2S/c1-30(16-20-8-9-23-15-24(33-2)13-12-22(23)14-20)25(32)18-34-27-29-28-26(21-10-11-21)31(27)17-19-6-4-3-5-7-19/h3-9,12-15,21H,10-11,16-18H2,1-2H3. The van der Waals surface area contributed by atoms with Crippen molar-refractivity contribution < 1.29 is 9.53 Å². The summed E-state index contributed by atoms with van der Waals surface area (Å²) in [6.07, 6.45) is 2.33. The fourth-order valence-electron chi connectivity index (χ4n) is 4.06. The van der Waals surface area contributed by atoms with Crippen molar-refractivity contribution in [1.82, 2.24) is 19.7 Å². The second kappa shape index (κ2) is 9.89. The normalized spacial score (nSPS) is 13.2. The molecule has 7 heteroatoms. The highest BCUT2D eigenvalue weighted by atomic mass is 32.2. The summed E-state index contributed by atoms with van der Waals surface area (Å²) in [7, 11) is 3.52. The second-order valence-electron chi connectivity index (χ2n) is 8.77. The Morgan fingerprint density at radius 2 is 1.79 bits per heavy atom. The average Bonchev–Trinajstić information content (AvgIpc) is 3.64. The van der Waals surface area contributed by atoms with E-state index < -0.39 is 0 Å². The number of ether oxygens (including phenoxy) is 1. The van der Waals surface area contributed by atoms with Crippen molar-refractivity contribution in [3.05, 3.63) is 83.7 Å². The van der Waals surface area contributed by atoms with Crippen LogP contribution in [-0.2, 0) is 17.9 Å². The number of thioether (sulfide) groups is 1. The zero-order chi connectivity index (χ0) is 23.5. The van der Waals surface area contributed by atoms with Crippen molar-refractivity contribution in [2.24, 2.45) is 0 Å². The summed E-state index contributed by atoms with van der Waals surface area (Å²) in [5.74, 6) is 2.78. The van der Waals surface area contributed by atoms with E-state index in [2.05, 4.69) is 45.1 Å².